The molecule has 3 heterocycles. The van der Waals surface area contributed by atoms with Crippen molar-refractivity contribution in [3.05, 3.63) is 16.5 Å². The summed E-state index contributed by atoms with van der Waals surface area (Å²) in [6, 6.07) is 1.87. The average Bonchev–Trinajstić information content (AvgIpc) is 2.94. The first-order chi connectivity index (χ1) is 9.78. The van der Waals surface area contributed by atoms with Gasteiger partial charge in [-0.3, -0.25) is 0 Å². The highest BCUT2D eigenvalue weighted by Gasteiger charge is 2.18. The summed E-state index contributed by atoms with van der Waals surface area (Å²) in [5, 5.41) is 5.63. The van der Waals surface area contributed by atoms with Gasteiger partial charge in [0, 0.05) is 20.1 Å². The molecule has 0 aliphatic carbocycles. The van der Waals surface area contributed by atoms with E-state index in [0.29, 0.717) is 16.8 Å². The molecule has 0 spiro atoms. The van der Waals surface area contributed by atoms with Crippen LogP contribution in [0.4, 0.5) is 11.9 Å². The Kier molecular flexibility index (Phi) is 4.03. The summed E-state index contributed by atoms with van der Waals surface area (Å²) in [7, 11) is 1.81. The summed E-state index contributed by atoms with van der Waals surface area (Å²) >= 11 is 7.73. The van der Waals surface area contributed by atoms with Gasteiger partial charge in [-0.1, -0.05) is 11.6 Å². The van der Waals surface area contributed by atoms with E-state index in [1.165, 1.54) is 19.3 Å². The van der Waals surface area contributed by atoms with Crippen LogP contribution in [0.25, 0.3) is 10.7 Å². The number of nitrogens with zero attached hydrogens (tertiary/aromatic N) is 4. The Bertz CT molecular complexity index is 594. The van der Waals surface area contributed by atoms with Crippen LogP contribution in [-0.2, 0) is 0 Å². The SMILES string of the molecule is CNc1nc(-c2sccc2Cl)nc(N2CCCCC2)n1. The Balaban J connectivity index is 2.00. The van der Waals surface area contributed by atoms with E-state index in [1.807, 2.05) is 18.5 Å². The third-order valence-corrected chi connectivity index (χ3v) is 4.64. The molecule has 7 heteroatoms. The second kappa shape index (κ2) is 5.93. The fourth-order valence-electron chi connectivity index (χ4n) is 2.27. The third kappa shape index (κ3) is 2.71. The van der Waals surface area contributed by atoms with Crippen LogP contribution in [0.15, 0.2) is 11.4 Å². The Morgan fingerprint density at radius 2 is 2.00 bits per heavy atom. The first kappa shape index (κ1) is 13.6. The highest BCUT2D eigenvalue weighted by Crippen LogP contribution is 2.32. The third-order valence-electron chi connectivity index (χ3n) is 3.31. The first-order valence-electron chi connectivity index (χ1n) is 6.70. The van der Waals surface area contributed by atoms with Crippen LogP contribution in [0.2, 0.25) is 5.02 Å². The second-order valence-corrected chi connectivity index (χ2v) is 6.00. The van der Waals surface area contributed by atoms with Crippen LogP contribution < -0.4 is 10.2 Å². The van der Waals surface area contributed by atoms with Crippen LogP contribution in [0.5, 0.6) is 0 Å². The number of piperidine rings is 1. The zero-order chi connectivity index (χ0) is 13.9. The first-order valence-corrected chi connectivity index (χ1v) is 7.96. The van der Waals surface area contributed by atoms with E-state index in [1.54, 1.807) is 11.3 Å². The van der Waals surface area contributed by atoms with Crippen molar-refractivity contribution in [3.63, 3.8) is 0 Å². The minimum atomic E-state index is 0.583. The van der Waals surface area contributed by atoms with Gasteiger partial charge in [-0.25, -0.2) is 0 Å². The maximum Gasteiger partial charge on any atom is 0.230 e. The molecule has 0 atom stereocenters. The maximum absolute atomic E-state index is 6.18. The molecule has 1 aliphatic rings. The molecular weight excluding hydrogens is 294 g/mol. The van der Waals surface area contributed by atoms with E-state index in [-0.39, 0.29) is 0 Å². The van der Waals surface area contributed by atoms with Gasteiger partial charge in [0.25, 0.3) is 0 Å². The molecule has 20 heavy (non-hydrogen) atoms. The van der Waals surface area contributed by atoms with Crippen LogP contribution in [0.3, 0.4) is 0 Å². The summed E-state index contributed by atoms with van der Waals surface area (Å²) in [6.45, 7) is 2.01. The van der Waals surface area contributed by atoms with E-state index < -0.39 is 0 Å². The lowest BCUT2D eigenvalue weighted by atomic mass is 10.1. The predicted octanol–water partition coefficient (Wildman–Crippen LogP) is 3.29. The molecule has 2 aromatic heterocycles. The van der Waals surface area contributed by atoms with E-state index in [4.69, 9.17) is 11.6 Å². The molecule has 1 N–H and O–H groups in total. The molecule has 1 saturated heterocycles. The smallest absolute Gasteiger partial charge is 0.230 e. The Labute approximate surface area is 127 Å². The summed E-state index contributed by atoms with van der Waals surface area (Å²) in [4.78, 5) is 16.6. The fourth-order valence-corrected chi connectivity index (χ4v) is 3.34. The average molecular weight is 310 g/mol. The van der Waals surface area contributed by atoms with Gasteiger partial charge in [0.2, 0.25) is 11.9 Å². The Morgan fingerprint density at radius 1 is 1.20 bits per heavy atom. The molecule has 3 rings (SSSR count). The number of aromatic nitrogens is 3. The molecule has 106 valence electrons. The molecule has 2 aromatic rings. The molecule has 0 bridgehead atoms. The minimum Gasteiger partial charge on any atom is -0.357 e. The van der Waals surface area contributed by atoms with Crippen molar-refractivity contribution in [1.29, 1.82) is 0 Å². The summed E-state index contributed by atoms with van der Waals surface area (Å²) in [5.74, 6) is 1.97. The largest absolute Gasteiger partial charge is 0.357 e. The molecule has 1 aliphatic heterocycles. The molecule has 0 saturated carbocycles. The summed E-state index contributed by atoms with van der Waals surface area (Å²) < 4.78 is 0. The number of rotatable bonds is 3. The monoisotopic (exact) mass is 309 g/mol. The number of halogens is 1. The molecule has 0 aromatic carbocycles. The zero-order valence-electron chi connectivity index (χ0n) is 11.3. The molecule has 0 radical (unpaired) electrons. The lowest BCUT2D eigenvalue weighted by Crippen LogP contribution is -2.31. The van der Waals surface area contributed by atoms with Gasteiger partial charge >= 0.3 is 0 Å². The lowest BCUT2D eigenvalue weighted by Gasteiger charge is -2.26. The number of nitrogens with one attached hydrogen (secondary N) is 1. The van der Waals surface area contributed by atoms with Crippen LogP contribution in [0, 0.1) is 0 Å². The van der Waals surface area contributed by atoms with Gasteiger partial charge in [0.1, 0.15) is 0 Å². The fraction of sp³-hybridized carbons (Fsp3) is 0.462. The number of hydrogen-bond donors (Lipinski definition) is 1. The van der Waals surface area contributed by atoms with E-state index in [2.05, 4.69) is 25.2 Å². The number of anilines is 2. The van der Waals surface area contributed by atoms with Crippen molar-refractivity contribution in [2.75, 3.05) is 30.4 Å². The van der Waals surface area contributed by atoms with Crippen molar-refractivity contribution >= 4 is 34.8 Å². The zero-order valence-corrected chi connectivity index (χ0v) is 12.8. The molecule has 5 nitrogen and oxygen atoms in total. The summed E-state index contributed by atoms with van der Waals surface area (Å²) in [5.41, 5.74) is 0. The molecule has 0 unspecified atom stereocenters. The highest BCUT2D eigenvalue weighted by atomic mass is 35.5. The lowest BCUT2D eigenvalue weighted by molar-refractivity contribution is 0.568. The van der Waals surface area contributed by atoms with Gasteiger partial charge < -0.3 is 10.2 Å². The predicted molar refractivity (Wildman–Crippen MR) is 83.8 cm³/mol. The van der Waals surface area contributed by atoms with Crippen LogP contribution in [0.1, 0.15) is 19.3 Å². The van der Waals surface area contributed by atoms with Gasteiger partial charge in [-0.05, 0) is 30.7 Å². The van der Waals surface area contributed by atoms with Gasteiger partial charge in [-0.15, -0.1) is 11.3 Å². The van der Waals surface area contributed by atoms with Gasteiger partial charge in [0.05, 0.1) is 9.90 Å². The molecule has 1 fully saturated rings. The Hall–Kier alpha value is -1.40. The topological polar surface area (TPSA) is 53.9 Å². The van der Waals surface area contributed by atoms with Gasteiger partial charge in [-0.2, -0.15) is 15.0 Å². The van der Waals surface area contributed by atoms with Crippen molar-refractivity contribution in [3.8, 4) is 10.7 Å². The van der Waals surface area contributed by atoms with Crippen molar-refractivity contribution in [2.24, 2.45) is 0 Å². The van der Waals surface area contributed by atoms with E-state index in [9.17, 15) is 0 Å². The minimum absolute atomic E-state index is 0.583. The van der Waals surface area contributed by atoms with Crippen molar-refractivity contribution in [1.82, 2.24) is 15.0 Å². The quantitative estimate of drug-likeness (QED) is 0.943. The van der Waals surface area contributed by atoms with Crippen molar-refractivity contribution in [2.45, 2.75) is 19.3 Å². The van der Waals surface area contributed by atoms with Crippen LogP contribution in [-0.4, -0.2) is 35.1 Å². The maximum atomic E-state index is 6.18. The van der Waals surface area contributed by atoms with Crippen molar-refractivity contribution < 1.29 is 0 Å². The Morgan fingerprint density at radius 3 is 2.65 bits per heavy atom. The molecule has 0 amide bonds. The number of hydrogen-bond acceptors (Lipinski definition) is 6. The van der Waals surface area contributed by atoms with E-state index >= 15 is 0 Å². The van der Waals surface area contributed by atoms with Crippen LogP contribution >= 0.6 is 22.9 Å². The molecular formula is C13H16ClN5S. The van der Waals surface area contributed by atoms with E-state index in [0.717, 1.165) is 23.9 Å². The standard InChI is InChI=1S/C13H16ClN5S/c1-15-12-16-11(10-9(14)5-8-20-10)17-13(18-12)19-6-3-2-4-7-19/h5,8H,2-4,6-7H2,1H3,(H,15,16,17,18). The normalized spacial score (nSPS) is 15.4. The highest BCUT2D eigenvalue weighted by molar-refractivity contribution is 7.14. The second-order valence-electron chi connectivity index (χ2n) is 4.68. The summed E-state index contributed by atoms with van der Waals surface area (Å²) in [6.07, 6.45) is 3.66. The van der Waals surface area contributed by atoms with Gasteiger partial charge in [0.15, 0.2) is 5.82 Å². The number of thiophene rings is 1.